The van der Waals surface area contributed by atoms with E-state index >= 15 is 0 Å². The van der Waals surface area contributed by atoms with E-state index in [9.17, 15) is 4.79 Å². The summed E-state index contributed by atoms with van der Waals surface area (Å²) in [7, 11) is 0. The summed E-state index contributed by atoms with van der Waals surface area (Å²) in [6, 6.07) is 0. The van der Waals surface area contributed by atoms with Crippen LogP contribution in [0.3, 0.4) is 0 Å². The zero-order chi connectivity index (χ0) is 13.2. The van der Waals surface area contributed by atoms with Crippen molar-refractivity contribution in [1.29, 1.82) is 0 Å². The minimum absolute atomic E-state index is 0.0182. The molecule has 2 aliphatic heterocycles. The lowest BCUT2D eigenvalue weighted by atomic mass is 9.81. The van der Waals surface area contributed by atoms with Crippen molar-refractivity contribution in [3.05, 3.63) is 0 Å². The molecule has 0 amide bonds. The molecule has 18 heavy (non-hydrogen) atoms. The number of rotatable bonds is 2. The number of carbonyl (C=O) groups is 1. The molecule has 0 aromatic heterocycles. The lowest BCUT2D eigenvalue weighted by Gasteiger charge is -2.36. The van der Waals surface area contributed by atoms with Gasteiger partial charge in [-0.3, -0.25) is 4.79 Å². The number of nitrogens with one attached hydrogen (secondary N) is 1. The Kier molecular flexibility index (Phi) is 4.28. The third kappa shape index (κ3) is 3.23. The maximum atomic E-state index is 12.3. The molecule has 2 rings (SSSR count). The van der Waals surface area contributed by atoms with E-state index in [0.29, 0.717) is 0 Å². The molecule has 0 bridgehead atoms. The highest BCUT2D eigenvalue weighted by atomic mass is 16.6. The zero-order valence-electron chi connectivity index (χ0n) is 11.7. The van der Waals surface area contributed by atoms with Crippen LogP contribution in [-0.2, 0) is 14.3 Å². The Morgan fingerprint density at radius 2 is 1.78 bits per heavy atom. The third-order valence-electron chi connectivity index (χ3n) is 4.13. The van der Waals surface area contributed by atoms with Crippen LogP contribution >= 0.6 is 0 Å². The van der Waals surface area contributed by atoms with Gasteiger partial charge in [0.25, 0.3) is 0 Å². The summed E-state index contributed by atoms with van der Waals surface area (Å²) in [4.78, 5) is 12.3. The Hall–Kier alpha value is -0.610. The molecule has 2 atom stereocenters. The number of hydrogen-bond acceptors (Lipinski definition) is 4. The van der Waals surface area contributed by atoms with E-state index in [0.717, 1.165) is 38.8 Å². The monoisotopic (exact) mass is 255 g/mol. The quantitative estimate of drug-likeness (QED) is 0.765. The molecule has 1 N–H and O–H groups in total. The largest absolute Gasteiger partial charge is 0.462 e. The lowest BCUT2D eigenvalue weighted by Crippen LogP contribution is -2.44. The number of carbonyl (C=O) groups excluding carboxylic acids is 1. The van der Waals surface area contributed by atoms with E-state index in [1.54, 1.807) is 0 Å². The second-order valence-electron chi connectivity index (χ2n) is 6.07. The van der Waals surface area contributed by atoms with Crippen molar-refractivity contribution in [1.82, 2.24) is 5.32 Å². The SMILES string of the molecule is CC1CC(OC(=O)C2(C)CCNCC2)CC(C)O1. The molecule has 0 aliphatic carbocycles. The van der Waals surface area contributed by atoms with Gasteiger partial charge in [-0.05, 0) is 46.7 Å². The van der Waals surface area contributed by atoms with Crippen molar-refractivity contribution in [2.75, 3.05) is 13.1 Å². The van der Waals surface area contributed by atoms with E-state index in [1.165, 1.54) is 0 Å². The molecule has 0 aromatic carbocycles. The van der Waals surface area contributed by atoms with Crippen molar-refractivity contribution in [2.24, 2.45) is 5.41 Å². The van der Waals surface area contributed by atoms with Crippen LogP contribution in [0.15, 0.2) is 0 Å². The average molecular weight is 255 g/mol. The first kappa shape index (κ1) is 13.8. The first-order valence-corrected chi connectivity index (χ1v) is 7.07. The predicted octanol–water partition coefficient (Wildman–Crippen LogP) is 1.88. The van der Waals surface area contributed by atoms with Crippen LogP contribution in [0.2, 0.25) is 0 Å². The van der Waals surface area contributed by atoms with Crippen LogP contribution in [0.1, 0.15) is 46.5 Å². The molecular formula is C14H25NO3. The van der Waals surface area contributed by atoms with E-state index in [4.69, 9.17) is 9.47 Å². The molecule has 104 valence electrons. The summed E-state index contributed by atoms with van der Waals surface area (Å²) in [5, 5.41) is 3.28. The Morgan fingerprint density at radius 1 is 1.22 bits per heavy atom. The highest BCUT2D eigenvalue weighted by Crippen LogP contribution is 2.31. The van der Waals surface area contributed by atoms with E-state index < -0.39 is 0 Å². The van der Waals surface area contributed by atoms with Crippen molar-refractivity contribution in [3.63, 3.8) is 0 Å². The number of hydrogen-bond donors (Lipinski definition) is 1. The molecule has 4 heteroatoms. The topological polar surface area (TPSA) is 47.6 Å². The highest BCUT2D eigenvalue weighted by Gasteiger charge is 2.38. The summed E-state index contributed by atoms with van der Waals surface area (Å²) in [6.45, 7) is 7.94. The van der Waals surface area contributed by atoms with Crippen molar-refractivity contribution in [2.45, 2.75) is 64.8 Å². The molecular weight excluding hydrogens is 230 g/mol. The molecule has 2 unspecified atom stereocenters. The van der Waals surface area contributed by atoms with Crippen molar-refractivity contribution in [3.8, 4) is 0 Å². The van der Waals surface area contributed by atoms with Gasteiger partial charge in [0.1, 0.15) is 6.10 Å². The Labute approximate surface area is 109 Å². The van der Waals surface area contributed by atoms with Crippen LogP contribution in [0.5, 0.6) is 0 Å². The molecule has 0 spiro atoms. The minimum atomic E-state index is -0.296. The third-order valence-corrected chi connectivity index (χ3v) is 4.13. The minimum Gasteiger partial charge on any atom is -0.462 e. The summed E-state index contributed by atoms with van der Waals surface area (Å²) >= 11 is 0. The smallest absolute Gasteiger partial charge is 0.312 e. The van der Waals surface area contributed by atoms with Crippen molar-refractivity contribution >= 4 is 5.97 Å². The molecule has 2 fully saturated rings. The van der Waals surface area contributed by atoms with Crippen molar-refractivity contribution < 1.29 is 14.3 Å². The molecule has 0 saturated carbocycles. The van der Waals surface area contributed by atoms with Gasteiger partial charge in [0, 0.05) is 12.8 Å². The van der Waals surface area contributed by atoms with E-state index in [2.05, 4.69) is 5.32 Å². The van der Waals surface area contributed by atoms with Gasteiger partial charge >= 0.3 is 5.97 Å². The van der Waals surface area contributed by atoms with Crippen LogP contribution in [0.4, 0.5) is 0 Å². The molecule has 2 saturated heterocycles. The summed E-state index contributed by atoms with van der Waals surface area (Å²) in [5.41, 5.74) is -0.296. The van der Waals surface area contributed by atoms with Crippen LogP contribution < -0.4 is 5.32 Å². The van der Waals surface area contributed by atoms with Crippen LogP contribution in [0, 0.1) is 5.41 Å². The molecule has 4 nitrogen and oxygen atoms in total. The number of piperidine rings is 1. The standard InChI is InChI=1S/C14H25NO3/c1-10-8-12(9-11(2)17-10)18-13(16)14(3)4-6-15-7-5-14/h10-12,15H,4-9H2,1-3H3. The summed E-state index contributed by atoms with van der Waals surface area (Å²) < 4.78 is 11.4. The van der Waals surface area contributed by atoms with Gasteiger partial charge in [-0.25, -0.2) is 0 Å². The van der Waals surface area contributed by atoms with E-state index in [-0.39, 0.29) is 29.7 Å². The van der Waals surface area contributed by atoms with Gasteiger partial charge in [0.2, 0.25) is 0 Å². The Morgan fingerprint density at radius 3 is 2.33 bits per heavy atom. The number of esters is 1. The fourth-order valence-electron chi connectivity index (χ4n) is 2.92. The first-order chi connectivity index (χ1) is 8.49. The Balaban J connectivity index is 1.90. The fraction of sp³-hybridized carbons (Fsp3) is 0.929. The fourth-order valence-corrected chi connectivity index (χ4v) is 2.92. The summed E-state index contributed by atoms with van der Waals surface area (Å²) in [5.74, 6) is -0.0182. The van der Waals surface area contributed by atoms with Gasteiger partial charge in [0.05, 0.1) is 17.6 Å². The van der Waals surface area contributed by atoms with Gasteiger partial charge in [-0.2, -0.15) is 0 Å². The van der Waals surface area contributed by atoms with Gasteiger partial charge in [0.15, 0.2) is 0 Å². The van der Waals surface area contributed by atoms with Gasteiger partial charge in [-0.1, -0.05) is 0 Å². The normalized spacial score (nSPS) is 36.1. The maximum absolute atomic E-state index is 12.3. The number of ether oxygens (including phenoxy) is 2. The second-order valence-corrected chi connectivity index (χ2v) is 6.07. The zero-order valence-corrected chi connectivity index (χ0v) is 11.7. The molecule has 0 radical (unpaired) electrons. The van der Waals surface area contributed by atoms with Gasteiger partial charge < -0.3 is 14.8 Å². The predicted molar refractivity (Wildman–Crippen MR) is 69.3 cm³/mol. The molecule has 2 aliphatic rings. The maximum Gasteiger partial charge on any atom is 0.312 e. The first-order valence-electron chi connectivity index (χ1n) is 7.07. The lowest BCUT2D eigenvalue weighted by molar-refractivity contribution is -0.172. The van der Waals surface area contributed by atoms with Crippen LogP contribution in [-0.4, -0.2) is 37.4 Å². The van der Waals surface area contributed by atoms with Gasteiger partial charge in [-0.15, -0.1) is 0 Å². The Bertz CT molecular complexity index is 289. The average Bonchev–Trinajstić information content (AvgIpc) is 2.28. The summed E-state index contributed by atoms with van der Waals surface area (Å²) in [6.07, 6.45) is 3.80. The van der Waals surface area contributed by atoms with Crippen LogP contribution in [0.25, 0.3) is 0 Å². The van der Waals surface area contributed by atoms with E-state index in [1.807, 2.05) is 20.8 Å². The molecule has 0 aromatic rings. The molecule has 2 heterocycles. The highest BCUT2D eigenvalue weighted by molar-refractivity contribution is 5.76. The second kappa shape index (κ2) is 5.57.